The maximum Gasteiger partial charge on any atom is 0.291 e. The van der Waals surface area contributed by atoms with Crippen molar-refractivity contribution >= 4 is 27.5 Å². The van der Waals surface area contributed by atoms with Gasteiger partial charge in [-0.2, -0.15) is 4.31 Å². The molecule has 4 rings (SSSR count). The van der Waals surface area contributed by atoms with Gasteiger partial charge in [-0.25, -0.2) is 8.42 Å². The summed E-state index contributed by atoms with van der Waals surface area (Å²) in [6, 6.07) is 12.6. The summed E-state index contributed by atoms with van der Waals surface area (Å²) in [5.74, 6) is 0.0728. The summed E-state index contributed by atoms with van der Waals surface area (Å²) < 4.78 is 37.6. The van der Waals surface area contributed by atoms with Crippen molar-refractivity contribution < 1.29 is 26.8 Å². The lowest BCUT2D eigenvalue weighted by molar-refractivity contribution is -0.126. The van der Waals surface area contributed by atoms with Crippen LogP contribution < -0.4 is 10.6 Å². The maximum atomic E-state index is 13.0. The molecule has 0 bridgehead atoms. The fraction of sp³-hybridized carbons (Fsp3) is 0.273. The van der Waals surface area contributed by atoms with Crippen LogP contribution >= 0.6 is 0 Å². The standard InChI is InChI=1S/C22H23N3O6S/c26-21(23-15-18-3-1-13-30-18)16-9-11-25(12-10-16)32(28,29)19-7-5-17(6-8-19)24-22(27)20-4-2-14-31-20/h1-8,13-14,16H,9-12,15H2,(H,23,26)(H,24,27). The molecular formula is C22H23N3O6S. The van der Waals surface area contributed by atoms with Crippen LogP contribution in [0.2, 0.25) is 0 Å². The summed E-state index contributed by atoms with van der Waals surface area (Å²) in [4.78, 5) is 24.5. The lowest BCUT2D eigenvalue weighted by Gasteiger charge is -2.30. The number of nitrogens with zero attached hydrogens (tertiary/aromatic N) is 1. The lowest BCUT2D eigenvalue weighted by atomic mass is 9.97. The van der Waals surface area contributed by atoms with Gasteiger partial charge in [0.25, 0.3) is 5.91 Å². The molecule has 2 amide bonds. The minimum Gasteiger partial charge on any atom is -0.467 e. The molecule has 3 aromatic rings. The highest BCUT2D eigenvalue weighted by Gasteiger charge is 2.32. The van der Waals surface area contributed by atoms with Crippen molar-refractivity contribution in [3.63, 3.8) is 0 Å². The summed E-state index contributed by atoms with van der Waals surface area (Å²) in [6.45, 7) is 0.837. The zero-order valence-electron chi connectivity index (χ0n) is 17.2. The molecule has 9 nitrogen and oxygen atoms in total. The van der Waals surface area contributed by atoms with E-state index in [4.69, 9.17) is 8.83 Å². The van der Waals surface area contributed by atoms with E-state index in [1.54, 1.807) is 24.5 Å². The highest BCUT2D eigenvalue weighted by atomic mass is 32.2. The number of hydrogen-bond donors (Lipinski definition) is 2. The minimum atomic E-state index is -3.69. The molecule has 32 heavy (non-hydrogen) atoms. The van der Waals surface area contributed by atoms with Gasteiger partial charge in [-0.15, -0.1) is 0 Å². The zero-order chi connectivity index (χ0) is 22.6. The van der Waals surface area contributed by atoms with Crippen molar-refractivity contribution in [2.24, 2.45) is 5.92 Å². The van der Waals surface area contributed by atoms with Gasteiger partial charge < -0.3 is 19.5 Å². The van der Waals surface area contributed by atoms with Crippen molar-refractivity contribution in [1.29, 1.82) is 0 Å². The van der Waals surface area contributed by atoms with Crippen LogP contribution in [0.25, 0.3) is 0 Å². The van der Waals surface area contributed by atoms with Crippen LogP contribution in [0.5, 0.6) is 0 Å². The number of carbonyl (C=O) groups is 2. The topological polar surface area (TPSA) is 122 Å². The number of furan rings is 2. The van der Waals surface area contributed by atoms with E-state index in [1.807, 2.05) is 0 Å². The predicted molar refractivity (Wildman–Crippen MR) is 115 cm³/mol. The lowest BCUT2D eigenvalue weighted by Crippen LogP contribution is -2.42. The first-order valence-corrected chi connectivity index (χ1v) is 11.6. The fourth-order valence-corrected chi connectivity index (χ4v) is 5.02. The molecule has 1 aliphatic heterocycles. The molecule has 0 atom stereocenters. The first-order chi connectivity index (χ1) is 15.4. The first kappa shape index (κ1) is 21.8. The van der Waals surface area contributed by atoms with Crippen molar-refractivity contribution in [3.05, 3.63) is 72.6 Å². The van der Waals surface area contributed by atoms with Gasteiger partial charge in [0.15, 0.2) is 5.76 Å². The van der Waals surface area contributed by atoms with E-state index in [0.29, 0.717) is 30.8 Å². The maximum absolute atomic E-state index is 13.0. The second-order valence-electron chi connectivity index (χ2n) is 7.43. The molecule has 2 aromatic heterocycles. The third-order valence-electron chi connectivity index (χ3n) is 5.34. The van der Waals surface area contributed by atoms with E-state index >= 15 is 0 Å². The summed E-state index contributed by atoms with van der Waals surface area (Å²) >= 11 is 0. The SMILES string of the molecule is O=C(Nc1ccc(S(=O)(=O)N2CCC(C(=O)NCc3ccco3)CC2)cc1)c1ccco1. The molecule has 1 fully saturated rings. The van der Waals surface area contributed by atoms with E-state index in [1.165, 1.54) is 40.9 Å². The van der Waals surface area contributed by atoms with Crippen molar-refractivity contribution in [2.75, 3.05) is 18.4 Å². The Kier molecular flexibility index (Phi) is 6.42. The molecule has 0 radical (unpaired) electrons. The van der Waals surface area contributed by atoms with Crippen LogP contribution in [-0.4, -0.2) is 37.6 Å². The van der Waals surface area contributed by atoms with E-state index in [0.717, 1.165) is 0 Å². The zero-order valence-corrected chi connectivity index (χ0v) is 18.0. The number of piperidine rings is 1. The Labute approximate surface area is 185 Å². The smallest absolute Gasteiger partial charge is 0.291 e. The molecular weight excluding hydrogens is 434 g/mol. The van der Waals surface area contributed by atoms with Crippen molar-refractivity contribution in [1.82, 2.24) is 9.62 Å². The molecule has 1 aliphatic rings. The Bertz CT molecular complexity index is 1150. The number of sulfonamides is 1. The van der Waals surface area contributed by atoms with Crippen molar-refractivity contribution in [2.45, 2.75) is 24.3 Å². The Balaban J connectivity index is 1.31. The fourth-order valence-electron chi connectivity index (χ4n) is 3.55. The molecule has 0 saturated carbocycles. The van der Waals surface area contributed by atoms with Gasteiger partial charge in [0.2, 0.25) is 15.9 Å². The van der Waals surface area contributed by atoms with E-state index in [2.05, 4.69) is 10.6 Å². The molecule has 10 heteroatoms. The average molecular weight is 458 g/mol. The van der Waals surface area contributed by atoms with Gasteiger partial charge in [-0.3, -0.25) is 9.59 Å². The summed E-state index contributed by atoms with van der Waals surface area (Å²) in [5.41, 5.74) is 0.456. The Hall–Kier alpha value is -3.37. The van der Waals surface area contributed by atoms with Crippen LogP contribution in [0.3, 0.4) is 0 Å². The molecule has 168 valence electrons. The normalized spacial score (nSPS) is 15.4. The Morgan fingerprint density at radius 3 is 2.28 bits per heavy atom. The summed E-state index contributed by atoms with van der Waals surface area (Å²) in [5, 5.41) is 5.48. The highest BCUT2D eigenvalue weighted by molar-refractivity contribution is 7.89. The molecule has 0 aliphatic carbocycles. The molecule has 3 heterocycles. The Morgan fingerprint density at radius 2 is 1.66 bits per heavy atom. The van der Waals surface area contributed by atoms with Crippen LogP contribution in [-0.2, 0) is 21.4 Å². The number of carbonyl (C=O) groups excluding carboxylic acids is 2. The Morgan fingerprint density at radius 1 is 0.969 bits per heavy atom. The van der Waals surface area contributed by atoms with E-state index in [9.17, 15) is 18.0 Å². The van der Waals surface area contributed by atoms with Gasteiger partial charge in [0.1, 0.15) is 5.76 Å². The number of hydrogen-bond acceptors (Lipinski definition) is 6. The number of amides is 2. The summed E-state index contributed by atoms with van der Waals surface area (Å²) in [7, 11) is -3.69. The monoisotopic (exact) mass is 457 g/mol. The van der Waals surface area contributed by atoms with Crippen LogP contribution in [0.15, 0.2) is 74.8 Å². The van der Waals surface area contributed by atoms with Gasteiger partial charge in [0.05, 0.1) is 24.0 Å². The quantitative estimate of drug-likeness (QED) is 0.563. The third kappa shape index (κ3) is 4.92. The first-order valence-electron chi connectivity index (χ1n) is 10.2. The van der Waals surface area contributed by atoms with Gasteiger partial charge in [-0.05, 0) is 61.4 Å². The molecule has 2 N–H and O–H groups in total. The second-order valence-corrected chi connectivity index (χ2v) is 9.37. The largest absolute Gasteiger partial charge is 0.467 e. The average Bonchev–Trinajstić information content (AvgIpc) is 3.52. The molecule has 1 saturated heterocycles. The van der Waals surface area contributed by atoms with Gasteiger partial charge in [-0.1, -0.05) is 0 Å². The van der Waals surface area contributed by atoms with Gasteiger partial charge >= 0.3 is 0 Å². The predicted octanol–water partition coefficient (Wildman–Crippen LogP) is 2.84. The van der Waals surface area contributed by atoms with E-state index in [-0.39, 0.29) is 35.6 Å². The van der Waals surface area contributed by atoms with Crippen LogP contribution in [0.4, 0.5) is 5.69 Å². The molecule has 0 spiro atoms. The minimum absolute atomic E-state index is 0.102. The highest BCUT2D eigenvalue weighted by Crippen LogP contribution is 2.25. The third-order valence-corrected chi connectivity index (χ3v) is 7.25. The number of benzene rings is 1. The van der Waals surface area contributed by atoms with Crippen LogP contribution in [0, 0.1) is 5.92 Å². The summed E-state index contributed by atoms with van der Waals surface area (Å²) in [6.07, 6.45) is 3.84. The number of anilines is 1. The van der Waals surface area contributed by atoms with Crippen molar-refractivity contribution in [3.8, 4) is 0 Å². The molecule has 1 aromatic carbocycles. The number of nitrogens with one attached hydrogen (secondary N) is 2. The van der Waals surface area contributed by atoms with E-state index < -0.39 is 15.9 Å². The van der Waals surface area contributed by atoms with Crippen LogP contribution in [0.1, 0.15) is 29.2 Å². The molecule has 0 unspecified atom stereocenters. The number of rotatable bonds is 7. The van der Waals surface area contributed by atoms with Gasteiger partial charge in [0, 0.05) is 24.7 Å². The second kappa shape index (κ2) is 9.41.